The number of nitrogens with zero attached hydrogens (tertiary/aromatic N) is 7. The highest BCUT2D eigenvalue weighted by Gasteiger charge is 2.29. The summed E-state index contributed by atoms with van der Waals surface area (Å²) in [6.45, 7) is 2.67. The van der Waals surface area contributed by atoms with Crippen molar-refractivity contribution in [3.63, 3.8) is 0 Å². The molecule has 1 N–H and O–H groups in total. The number of carboxylic acids is 1. The van der Waals surface area contributed by atoms with E-state index in [0.29, 0.717) is 11.9 Å². The Morgan fingerprint density at radius 1 is 1.12 bits per heavy atom. The fourth-order valence-electron chi connectivity index (χ4n) is 3.89. The molecule has 2 aromatic rings. The van der Waals surface area contributed by atoms with E-state index < -0.39 is 5.97 Å². The van der Waals surface area contributed by atoms with Gasteiger partial charge in [-0.3, -0.25) is 0 Å². The topological polar surface area (TPSA) is 102 Å². The molecule has 25 heavy (non-hydrogen) atoms. The van der Waals surface area contributed by atoms with E-state index in [2.05, 4.69) is 29.7 Å². The number of fused-ring (bicyclic) bond motifs is 1. The number of carbonyl (C=O) groups is 1. The van der Waals surface area contributed by atoms with Gasteiger partial charge in [0.2, 0.25) is 5.95 Å². The summed E-state index contributed by atoms with van der Waals surface area (Å²) in [5, 5.41) is 21.9. The van der Waals surface area contributed by atoms with Crippen molar-refractivity contribution in [2.24, 2.45) is 7.05 Å². The van der Waals surface area contributed by atoms with Crippen LogP contribution in [0.4, 0.5) is 5.95 Å². The summed E-state index contributed by atoms with van der Waals surface area (Å²) >= 11 is 0. The van der Waals surface area contributed by atoms with Crippen molar-refractivity contribution in [1.82, 2.24) is 29.5 Å². The molecule has 9 heteroatoms. The van der Waals surface area contributed by atoms with Crippen LogP contribution in [0, 0.1) is 0 Å². The first kappa shape index (κ1) is 16.0. The van der Waals surface area contributed by atoms with Gasteiger partial charge in [0.1, 0.15) is 11.6 Å². The average Bonchev–Trinajstić information content (AvgIpc) is 3.11. The lowest BCUT2D eigenvalue weighted by Crippen LogP contribution is -2.35. The second kappa shape index (κ2) is 6.45. The van der Waals surface area contributed by atoms with E-state index in [4.69, 9.17) is 5.11 Å². The molecule has 1 saturated heterocycles. The summed E-state index contributed by atoms with van der Waals surface area (Å²) in [4.78, 5) is 17.3. The number of piperidine rings is 1. The van der Waals surface area contributed by atoms with E-state index in [1.807, 2.05) is 0 Å². The molecule has 2 aliphatic rings. The summed E-state index contributed by atoms with van der Waals surface area (Å²) in [5.74, 6) is 2.04. The normalized spacial score (nSPS) is 18.8. The quantitative estimate of drug-likeness (QED) is 0.892. The van der Waals surface area contributed by atoms with Gasteiger partial charge in [0, 0.05) is 39.0 Å². The molecule has 0 atom stereocenters. The molecule has 0 amide bonds. The fraction of sp³-hybridized carbons (Fsp3) is 0.688. The Morgan fingerprint density at radius 2 is 1.92 bits per heavy atom. The van der Waals surface area contributed by atoms with Crippen LogP contribution >= 0.6 is 0 Å². The molecule has 0 aliphatic carbocycles. The largest absolute Gasteiger partial charge is 0.475 e. The van der Waals surface area contributed by atoms with Crippen molar-refractivity contribution in [3.05, 3.63) is 17.5 Å². The first-order chi connectivity index (χ1) is 12.1. The Labute approximate surface area is 145 Å². The van der Waals surface area contributed by atoms with E-state index >= 15 is 0 Å². The number of hydrogen-bond donors (Lipinski definition) is 1. The van der Waals surface area contributed by atoms with E-state index in [9.17, 15) is 4.79 Å². The molecule has 0 aromatic carbocycles. The first-order valence-electron chi connectivity index (χ1n) is 8.94. The lowest BCUT2D eigenvalue weighted by Gasteiger charge is -2.31. The minimum Gasteiger partial charge on any atom is -0.475 e. The number of aromatic carboxylic acids is 1. The molecular formula is C16H23N7O2. The molecule has 0 unspecified atom stereocenters. The summed E-state index contributed by atoms with van der Waals surface area (Å²) in [5.41, 5.74) is 0. The number of hydrogen-bond acceptors (Lipinski definition) is 6. The number of anilines is 1. The Bertz CT molecular complexity index is 774. The van der Waals surface area contributed by atoms with Crippen molar-refractivity contribution in [1.29, 1.82) is 0 Å². The van der Waals surface area contributed by atoms with E-state index in [1.165, 1.54) is 19.3 Å². The zero-order chi connectivity index (χ0) is 17.4. The molecule has 2 aromatic heterocycles. The third-order valence-corrected chi connectivity index (χ3v) is 5.21. The average molecular weight is 345 g/mol. The van der Waals surface area contributed by atoms with E-state index in [0.717, 1.165) is 50.5 Å². The second-order valence-corrected chi connectivity index (χ2v) is 6.86. The van der Waals surface area contributed by atoms with Crippen molar-refractivity contribution >= 4 is 11.9 Å². The third-order valence-electron chi connectivity index (χ3n) is 5.21. The standard InChI is InChI=1S/C16H23N7O2/c1-21-16(17-13(20-21)15(24)25)22-9-6-11(7-10-22)14-19-18-12-5-3-2-4-8-23(12)14/h11H,2-10H2,1H3,(H,24,25). The maximum absolute atomic E-state index is 11.0. The Morgan fingerprint density at radius 3 is 2.64 bits per heavy atom. The summed E-state index contributed by atoms with van der Waals surface area (Å²) in [6, 6.07) is 0. The van der Waals surface area contributed by atoms with Gasteiger partial charge >= 0.3 is 5.97 Å². The molecule has 2 aliphatic heterocycles. The zero-order valence-corrected chi connectivity index (χ0v) is 14.4. The SMILES string of the molecule is Cn1nc(C(=O)O)nc1N1CCC(c2nnc3n2CCCCC3)CC1. The molecule has 0 spiro atoms. The summed E-state index contributed by atoms with van der Waals surface area (Å²) in [7, 11) is 1.74. The number of aryl methyl sites for hydroxylation is 2. The van der Waals surface area contributed by atoms with Gasteiger partial charge < -0.3 is 14.6 Å². The molecule has 0 bridgehead atoms. The minimum atomic E-state index is -1.09. The van der Waals surface area contributed by atoms with Crippen molar-refractivity contribution in [2.45, 2.75) is 51.0 Å². The molecule has 9 nitrogen and oxygen atoms in total. The van der Waals surface area contributed by atoms with Crippen LogP contribution in [0.15, 0.2) is 0 Å². The summed E-state index contributed by atoms with van der Waals surface area (Å²) in [6.07, 6.45) is 6.63. The van der Waals surface area contributed by atoms with Crippen LogP contribution in [-0.4, -0.2) is 53.7 Å². The van der Waals surface area contributed by atoms with Gasteiger partial charge in [-0.05, 0) is 25.7 Å². The van der Waals surface area contributed by atoms with Crippen LogP contribution in [0.25, 0.3) is 0 Å². The summed E-state index contributed by atoms with van der Waals surface area (Å²) < 4.78 is 3.88. The lowest BCUT2D eigenvalue weighted by molar-refractivity contribution is 0.0683. The number of rotatable bonds is 3. The number of aromatic nitrogens is 6. The Hall–Kier alpha value is -2.45. The van der Waals surface area contributed by atoms with Crippen molar-refractivity contribution in [2.75, 3.05) is 18.0 Å². The Kier molecular flexibility index (Phi) is 4.14. The van der Waals surface area contributed by atoms with Gasteiger partial charge in [-0.1, -0.05) is 6.42 Å². The van der Waals surface area contributed by atoms with Crippen LogP contribution in [-0.2, 0) is 20.0 Å². The number of carboxylic acid groups (broad SMARTS) is 1. The van der Waals surface area contributed by atoms with Crippen LogP contribution in [0.3, 0.4) is 0 Å². The molecule has 4 rings (SSSR count). The highest BCUT2D eigenvalue weighted by molar-refractivity contribution is 5.83. The predicted octanol–water partition coefficient (Wildman–Crippen LogP) is 1.22. The second-order valence-electron chi connectivity index (χ2n) is 6.86. The maximum atomic E-state index is 11.0. The van der Waals surface area contributed by atoms with Crippen LogP contribution in [0.2, 0.25) is 0 Å². The lowest BCUT2D eigenvalue weighted by atomic mass is 9.96. The van der Waals surface area contributed by atoms with Gasteiger partial charge in [0.05, 0.1) is 0 Å². The highest BCUT2D eigenvalue weighted by atomic mass is 16.4. The molecule has 0 saturated carbocycles. The van der Waals surface area contributed by atoms with Crippen LogP contribution < -0.4 is 4.90 Å². The highest BCUT2D eigenvalue weighted by Crippen LogP contribution is 2.30. The van der Waals surface area contributed by atoms with Crippen LogP contribution in [0.1, 0.15) is 60.3 Å². The van der Waals surface area contributed by atoms with Crippen molar-refractivity contribution in [3.8, 4) is 0 Å². The molecule has 1 fully saturated rings. The third kappa shape index (κ3) is 2.98. The van der Waals surface area contributed by atoms with Crippen LogP contribution in [0.5, 0.6) is 0 Å². The molecule has 4 heterocycles. The smallest absolute Gasteiger partial charge is 0.375 e. The van der Waals surface area contributed by atoms with Crippen molar-refractivity contribution < 1.29 is 9.90 Å². The maximum Gasteiger partial charge on any atom is 0.375 e. The van der Waals surface area contributed by atoms with Gasteiger partial charge in [-0.25, -0.2) is 9.48 Å². The minimum absolute atomic E-state index is 0.151. The fourth-order valence-corrected chi connectivity index (χ4v) is 3.89. The van der Waals surface area contributed by atoms with Gasteiger partial charge in [-0.2, -0.15) is 4.98 Å². The monoisotopic (exact) mass is 345 g/mol. The first-order valence-corrected chi connectivity index (χ1v) is 8.94. The van der Waals surface area contributed by atoms with E-state index in [1.54, 1.807) is 11.7 Å². The zero-order valence-electron chi connectivity index (χ0n) is 14.4. The predicted molar refractivity (Wildman–Crippen MR) is 89.7 cm³/mol. The van der Waals surface area contributed by atoms with Gasteiger partial charge in [0.25, 0.3) is 5.82 Å². The molecular weight excluding hydrogens is 322 g/mol. The van der Waals surface area contributed by atoms with Gasteiger partial charge in [0.15, 0.2) is 0 Å². The Balaban J connectivity index is 1.47. The van der Waals surface area contributed by atoms with E-state index in [-0.39, 0.29) is 5.82 Å². The van der Waals surface area contributed by atoms with Gasteiger partial charge in [-0.15, -0.1) is 15.3 Å². The molecule has 134 valence electrons. The molecule has 0 radical (unpaired) electrons.